The third-order valence-corrected chi connectivity index (χ3v) is 9.16. The monoisotopic (exact) mass is 629 g/mol. The van der Waals surface area contributed by atoms with Crippen molar-refractivity contribution in [2.45, 2.75) is 31.8 Å². The quantitative estimate of drug-likeness (QED) is 0.219. The van der Waals surface area contributed by atoms with Crippen LogP contribution in [-0.2, 0) is 20.1 Å². The molecule has 0 bridgehead atoms. The van der Waals surface area contributed by atoms with E-state index in [2.05, 4.69) is 43.7 Å². The highest BCUT2D eigenvalue weighted by Crippen LogP contribution is 2.34. The number of anilines is 1. The molecule has 0 saturated carbocycles. The second kappa shape index (κ2) is 13.5. The molecule has 10 heteroatoms. The molecule has 0 spiro atoms. The number of carbonyl (C=O) groups excluding carboxylic acids is 1. The summed E-state index contributed by atoms with van der Waals surface area (Å²) in [5.74, 6) is 2.06. The molecule has 0 aliphatic carbocycles. The molecule has 1 saturated heterocycles. The van der Waals surface area contributed by atoms with Crippen LogP contribution in [0, 0.1) is 11.3 Å². The number of ether oxygens (including phenoxy) is 2. The van der Waals surface area contributed by atoms with Crippen molar-refractivity contribution in [3.63, 3.8) is 0 Å². The SMILES string of the molecule is COc1ccc(CN(C)C(=O)c2ccc(C3CCN(Cc4cc5c(-c6ccc(N)nc6C#N)ccnc5n4C)CC3)cc2)cc1OC. The predicted octanol–water partition coefficient (Wildman–Crippen LogP) is 5.76. The van der Waals surface area contributed by atoms with E-state index < -0.39 is 0 Å². The minimum Gasteiger partial charge on any atom is -0.493 e. The number of hydrogen-bond acceptors (Lipinski definition) is 8. The molecule has 1 aliphatic rings. The van der Waals surface area contributed by atoms with E-state index >= 15 is 0 Å². The number of nitrogens with two attached hydrogens (primary N) is 1. The Hall–Kier alpha value is -5.40. The predicted molar refractivity (Wildman–Crippen MR) is 182 cm³/mol. The molecule has 1 fully saturated rings. The first-order chi connectivity index (χ1) is 22.8. The van der Waals surface area contributed by atoms with E-state index in [1.54, 1.807) is 31.4 Å². The first kappa shape index (κ1) is 31.6. The zero-order valence-electron chi connectivity index (χ0n) is 27.2. The summed E-state index contributed by atoms with van der Waals surface area (Å²) < 4.78 is 12.9. The lowest BCUT2D eigenvalue weighted by atomic mass is 9.89. The number of amides is 1. The molecule has 5 aromatic rings. The number of nitrogen functional groups attached to an aromatic ring is 1. The summed E-state index contributed by atoms with van der Waals surface area (Å²) in [7, 11) is 7.07. The fourth-order valence-electron chi connectivity index (χ4n) is 6.53. The van der Waals surface area contributed by atoms with Crippen LogP contribution in [0.25, 0.3) is 22.2 Å². The second-order valence-electron chi connectivity index (χ2n) is 12.1. The average molecular weight is 630 g/mol. The number of nitriles is 1. The van der Waals surface area contributed by atoms with Gasteiger partial charge in [0.25, 0.3) is 5.91 Å². The number of pyridine rings is 2. The number of carbonyl (C=O) groups is 1. The van der Waals surface area contributed by atoms with E-state index in [4.69, 9.17) is 15.2 Å². The number of rotatable bonds is 9. The largest absolute Gasteiger partial charge is 0.493 e. The number of likely N-dealkylation sites (tertiary alicyclic amines) is 1. The molecule has 1 amide bonds. The molecule has 2 aromatic carbocycles. The molecule has 3 aromatic heterocycles. The van der Waals surface area contributed by atoms with Crippen molar-refractivity contribution in [2.75, 3.05) is 40.1 Å². The molecular weight excluding hydrogens is 590 g/mol. The maximum atomic E-state index is 13.2. The lowest BCUT2D eigenvalue weighted by Gasteiger charge is -2.32. The first-order valence-electron chi connectivity index (χ1n) is 15.7. The zero-order chi connectivity index (χ0) is 33.1. The van der Waals surface area contributed by atoms with Crippen molar-refractivity contribution in [3.8, 4) is 28.7 Å². The number of piperidine rings is 1. The van der Waals surface area contributed by atoms with Crippen molar-refractivity contribution >= 4 is 22.8 Å². The van der Waals surface area contributed by atoms with Crippen LogP contribution in [0.15, 0.2) is 72.9 Å². The Kier molecular flexibility index (Phi) is 9.09. The van der Waals surface area contributed by atoms with Gasteiger partial charge in [-0.05, 0) is 97.1 Å². The van der Waals surface area contributed by atoms with E-state index in [1.165, 1.54) is 11.3 Å². The van der Waals surface area contributed by atoms with E-state index in [9.17, 15) is 10.1 Å². The fraction of sp³-hybridized carbons (Fsp3) is 0.297. The summed E-state index contributed by atoms with van der Waals surface area (Å²) in [6, 6.07) is 23.7. The normalized spacial score (nSPS) is 13.8. The Morgan fingerprint density at radius 2 is 1.74 bits per heavy atom. The Bertz CT molecular complexity index is 1950. The highest BCUT2D eigenvalue weighted by molar-refractivity contribution is 5.95. The lowest BCUT2D eigenvalue weighted by molar-refractivity contribution is 0.0785. The summed E-state index contributed by atoms with van der Waals surface area (Å²) in [4.78, 5) is 26.3. The van der Waals surface area contributed by atoms with E-state index in [-0.39, 0.29) is 5.91 Å². The highest BCUT2D eigenvalue weighted by Gasteiger charge is 2.23. The van der Waals surface area contributed by atoms with Crippen molar-refractivity contribution in [1.82, 2.24) is 24.3 Å². The summed E-state index contributed by atoms with van der Waals surface area (Å²) in [5, 5.41) is 10.7. The van der Waals surface area contributed by atoms with E-state index in [0.717, 1.165) is 60.2 Å². The Labute approximate surface area is 275 Å². The molecule has 10 nitrogen and oxygen atoms in total. The molecule has 4 heterocycles. The maximum Gasteiger partial charge on any atom is 0.253 e. The zero-order valence-corrected chi connectivity index (χ0v) is 27.2. The van der Waals surface area contributed by atoms with Gasteiger partial charge >= 0.3 is 0 Å². The van der Waals surface area contributed by atoms with Crippen LogP contribution in [0.5, 0.6) is 11.5 Å². The van der Waals surface area contributed by atoms with Gasteiger partial charge < -0.3 is 24.7 Å². The van der Waals surface area contributed by atoms with Crippen molar-refractivity contribution in [3.05, 3.63) is 101 Å². The number of fused-ring (bicyclic) bond motifs is 1. The third-order valence-electron chi connectivity index (χ3n) is 9.16. The van der Waals surface area contributed by atoms with Crippen molar-refractivity contribution in [1.29, 1.82) is 5.26 Å². The van der Waals surface area contributed by atoms with Gasteiger partial charge in [-0.15, -0.1) is 0 Å². The molecule has 47 heavy (non-hydrogen) atoms. The topological polar surface area (TPSA) is 123 Å². The van der Waals surface area contributed by atoms with Crippen LogP contribution >= 0.6 is 0 Å². The summed E-state index contributed by atoms with van der Waals surface area (Å²) in [6.07, 6.45) is 3.87. The Balaban J connectivity index is 1.08. The third kappa shape index (κ3) is 6.48. The van der Waals surface area contributed by atoms with Gasteiger partial charge in [0.15, 0.2) is 17.2 Å². The molecular formula is C37H39N7O3. The number of hydrogen-bond donors (Lipinski definition) is 1. The number of benzene rings is 2. The molecule has 2 N–H and O–H groups in total. The minimum atomic E-state index is -0.0229. The van der Waals surface area contributed by atoms with Crippen LogP contribution in [0.1, 0.15) is 51.6 Å². The molecule has 0 unspecified atom stereocenters. The summed E-state index contributed by atoms with van der Waals surface area (Å²) >= 11 is 0. The smallest absolute Gasteiger partial charge is 0.253 e. The van der Waals surface area contributed by atoms with Gasteiger partial charge in [0.1, 0.15) is 17.5 Å². The Morgan fingerprint density at radius 1 is 1.00 bits per heavy atom. The molecule has 6 rings (SSSR count). The maximum absolute atomic E-state index is 13.2. The van der Waals surface area contributed by atoms with Crippen molar-refractivity contribution in [2.24, 2.45) is 7.05 Å². The lowest BCUT2D eigenvalue weighted by Crippen LogP contribution is -2.33. The van der Waals surface area contributed by atoms with Crippen LogP contribution < -0.4 is 15.2 Å². The van der Waals surface area contributed by atoms with Gasteiger partial charge in [0, 0.05) is 55.6 Å². The number of methoxy groups -OCH3 is 2. The number of nitrogens with zero attached hydrogens (tertiary/aromatic N) is 6. The van der Waals surface area contributed by atoms with Gasteiger partial charge in [-0.1, -0.05) is 18.2 Å². The van der Waals surface area contributed by atoms with Crippen LogP contribution in [0.3, 0.4) is 0 Å². The molecule has 240 valence electrons. The summed E-state index contributed by atoms with van der Waals surface area (Å²) in [5.41, 5.74) is 12.8. The second-order valence-corrected chi connectivity index (χ2v) is 12.1. The number of aryl methyl sites for hydroxylation is 1. The summed E-state index contributed by atoms with van der Waals surface area (Å²) in [6.45, 7) is 3.22. The van der Waals surface area contributed by atoms with Crippen LogP contribution in [-0.4, -0.2) is 64.6 Å². The van der Waals surface area contributed by atoms with E-state index in [1.807, 2.05) is 56.6 Å². The van der Waals surface area contributed by atoms with Crippen LogP contribution in [0.4, 0.5) is 5.82 Å². The molecule has 0 radical (unpaired) electrons. The first-order valence-corrected chi connectivity index (χ1v) is 15.7. The van der Waals surface area contributed by atoms with Gasteiger partial charge in [-0.2, -0.15) is 5.26 Å². The molecule has 1 aliphatic heterocycles. The van der Waals surface area contributed by atoms with Gasteiger partial charge in [0.05, 0.1) is 14.2 Å². The highest BCUT2D eigenvalue weighted by atomic mass is 16.5. The Morgan fingerprint density at radius 3 is 2.45 bits per heavy atom. The fourth-order valence-corrected chi connectivity index (χ4v) is 6.53. The van der Waals surface area contributed by atoms with Gasteiger partial charge in [-0.3, -0.25) is 9.69 Å². The van der Waals surface area contributed by atoms with E-state index in [0.29, 0.717) is 41.0 Å². The molecule has 0 atom stereocenters. The number of aromatic nitrogens is 3. The van der Waals surface area contributed by atoms with Crippen LogP contribution in [0.2, 0.25) is 0 Å². The standard InChI is InChI=1S/C37H39N7O3/c1-42(22-24-5-11-33(46-3)34(19-24)47-4)37(45)27-8-6-25(7-9-27)26-14-17-44(18-15-26)23-28-20-31-29(13-16-40-36(31)43(28)2)30-10-12-35(39)41-32(30)21-38/h5-13,16,19-20,26H,14-15,17-18,22-23H2,1-4H3,(H2,39,41). The average Bonchev–Trinajstić information content (AvgIpc) is 3.42. The van der Waals surface area contributed by atoms with Crippen molar-refractivity contribution < 1.29 is 14.3 Å². The van der Waals surface area contributed by atoms with Gasteiger partial charge in [-0.25, -0.2) is 9.97 Å². The van der Waals surface area contributed by atoms with Gasteiger partial charge in [0.2, 0.25) is 0 Å². The minimum absolute atomic E-state index is 0.0229.